The van der Waals surface area contributed by atoms with Crippen molar-refractivity contribution >= 4 is 64.4 Å². The first-order valence-electron chi connectivity index (χ1n) is 31.4. The predicted octanol–water partition coefficient (Wildman–Crippen LogP) is 8.92. The molecule has 1 aliphatic carbocycles. The number of aromatic nitrogens is 1. The first-order valence-corrected chi connectivity index (χ1v) is 33.2. The van der Waals surface area contributed by atoms with Gasteiger partial charge in [-0.25, -0.2) is 4.79 Å². The highest BCUT2D eigenvalue weighted by Gasteiger charge is 2.62. The molecule has 6 heterocycles. The maximum Gasteiger partial charge on any atom is 0.320 e. The van der Waals surface area contributed by atoms with Gasteiger partial charge in [0.05, 0.1) is 84.1 Å². The fraction of sp³-hybridized carbons (Fsp3) is 0.766. The molecule has 1 saturated carbocycles. The van der Waals surface area contributed by atoms with Gasteiger partial charge < -0.3 is 77.0 Å². The number of urea groups is 1. The van der Waals surface area contributed by atoms with Gasteiger partial charge in [-0.05, 0) is 98.6 Å². The van der Waals surface area contributed by atoms with Gasteiger partial charge in [-0.3, -0.25) is 19.4 Å². The molecule has 0 spiro atoms. The number of ketones is 1. The smallest absolute Gasteiger partial charge is 0.320 e. The number of cyclic esters (lactones) is 1. The van der Waals surface area contributed by atoms with Crippen LogP contribution < -0.4 is 14.4 Å². The number of methoxy groups -OCH3 is 3. The number of Topliss-reactive ketones (excluding diaryl/α,β-unsaturated/α-hetero) is 1. The Morgan fingerprint density at radius 2 is 1.55 bits per heavy atom. The van der Waals surface area contributed by atoms with E-state index >= 15 is 9.59 Å². The van der Waals surface area contributed by atoms with Crippen molar-refractivity contribution in [2.24, 2.45) is 29.6 Å². The van der Waals surface area contributed by atoms with Gasteiger partial charge in [0, 0.05) is 113 Å². The lowest BCUT2D eigenvalue weighted by Gasteiger charge is -2.50. The molecule has 1 unspecified atom stereocenters. The summed E-state index contributed by atoms with van der Waals surface area (Å²) >= 11 is 14.9. The Labute approximate surface area is 534 Å². The lowest BCUT2D eigenvalue weighted by Crippen LogP contribution is -2.62. The molecule has 0 bridgehead atoms. The fourth-order valence-corrected chi connectivity index (χ4v) is 16.4. The number of carbonyl (C=O) groups excluding carboxylic acids is 4. The van der Waals surface area contributed by atoms with Crippen LogP contribution in [0.15, 0.2) is 30.6 Å². The molecular formula is C64H96Cl2N4O17S. The number of hydrogen-bond acceptors (Lipinski definition) is 20. The molecule has 2 N–H and O–H groups in total. The largest absolute Gasteiger partial charge is 0.493 e. The number of ether oxygens (including phenoxy) is 11. The average Bonchev–Trinajstić information content (AvgIpc) is 1.96. The Morgan fingerprint density at radius 1 is 0.875 bits per heavy atom. The third-order valence-electron chi connectivity index (χ3n) is 19.7. The molecule has 5 aliphatic heterocycles. The Bertz CT molecular complexity index is 2690. The van der Waals surface area contributed by atoms with Crippen LogP contribution in [-0.4, -0.2) is 205 Å². The summed E-state index contributed by atoms with van der Waals surface area (Å²) in [5.74, 6) is -4.28. The molecule has 8 rings (SSSR count). The molecule has 88 heavy (non-hydrogen) atoms. The third-order valence-corrected chi connectivity index (χ3v) is 21.7. The van der Waals surface area contributed by atoms with Crippen LogP contribution >= 0.6 is 35.0 Å². The monoisotopic (exact) mass is 1290 g/mol. The van der Waals surface area contributed by atoms with Crippen molar-refractivity contribution in [1.82, 2.24) is 14.8 Å². The molecule has 24 heteroatoms. The second-order valence-electron chi connectivity index (χ2n) is 25.8. The lowest BCUT2D eigenvalue weighted by atomic mass is 9.70. The highest BCUT2D eigenvalue weighted by molar-refractivity contribution is 8.00. The number of rotatable bonds is 18. The number of halogens is 2. The van der Waals surface area contributed by atoms with Crippen molar-refractivity contribution in [3.63, 3.8) is 0 Å². The zero-order chi connectivity index (χ0) is 64.2. The molecule has 19 atom stereocenters. The van der Waals surface area contributed by atoms with Crippen LogP contribution in [0, 0.1) is 29.6 Å². The Morgan fingerprint density at radius 3 is 2.18 bits per heavy atom. The number of fused-ring (bicyclic) bond motifs is 1. The number of pyridine rings is 1. The quantitative estimate of drug-likeness (QED) is 0.133. The van der Waals surface area contributed by atoms with Crippen LogP contribution in [0.25, 0.3) is 0 Å². The Balaban J connectivity index is 1.15. The summed E-state index contributed by atoms with van der Waals surface area (Å²) in [6, 6.07) is 4.74. The number of nitrogens with zero attached hydrogens (tertiary/aromatic N) is 4. The summed E-state index contributed by atoms with van der Waals surface area (Å²) in [7, 11) is 6.29. The number of carbonyl (C=O) groups is 4. The van der Waals surface area contributed by atoms with Crippen LogP contribution in [0.3, 0.4) is 0 Å². The summed E-state index contributed by atoms with van der Waals surface area (Å²) in [6.07, 6.45) is -1.53. The summed E-state index contributed by atoms with van der Waals surface area (Å²) in [4.78, 5) is 69.4. The van der Waals surface area contributed by atoms with Gasteiger partial charge in [-0.1, -0.05) is 50.9 Å². The summed E-state index contributed by atoms with van der Waals surface area (Å²) in [6.45, 7) is 20.1. The molecule has 5 saturated heterocycles. The molecule has 0 radical (unpaired) electrons. The number of likely N-dealkylation sites (N-methyl/N-ethyl adjacent to an activating group) is 1. The van der Waals surface area contributed by atoms with Gasteiger partial charge in [0.25, 0.3) is 0 Å². The van der Waals surface area contributed by atoms with E-state index in [0.717, 1.165) is 31.4 Å². The highest BCUT2D eigenvalue weighted by Crippen LogP contribution is 2.50. The minimum absolute atomic E-state index is 0.0476. The Kier molecular flexibility index (Phi) is 23.8. The van der Waals surface area contributed by atoms with Gasteiger partial charge in [-0.2, -0.15) is 0 Å². The number of esters is 2. The first-order chi connectivity index (χ1) is 41.7. The fourth-order valence-electron chi connectivity index (χ4n) is 14.4. The summed E-state index contributed by atoms with van der Waals surface area (Å²) < 4.78 is 70.5. The van der Waals surface area contributed by atoms with Crippen LogP contribution in [0.2, 0.25) is 10.0 Å². The second-order valence-corrected chi connectivity index (χ2v) is 27.8. The first kappa shape index (κ1) is 70.1. The third kappa shape index (κ3) is 15.1. The van der Waals surface area contributed by atoms with E-state index in [1.165, 1.54) is 30.9 Å². The average molecular weight is 1300 g/mol. The molecule has 1 aromatic heterocycles. The van der Waals surface area contributed by atoms with Crippen LogP contribution in [-0.2, 0) is 63.6 Å². The molecular weight excluding hydrogens is 1200 g/mol. The van der Waals surface area contributed by atoms with Gasteiger partial charge in [0.2, 0.25) is 0 Å². The molecule has 2 amide bonds. The highest BCUT2D eigenvalue weighted by atomic mass is 35.5. The zero-order valence-electron chi connectivity index (χ0n) is 53.8. The molecule has 6 aliphatic rings. The maximum atomic E-state index is 15.6. The van der Waals surface area contributed by atoms with Crippen LogP contribution in [0.4, 0.5) is 10.5 Å². The van der Waals surface area contributed by atoms with Crippen molar-refractivity contribution in [1.29, 1.82) is 0 Å². The number of amides is 2. The van der Waals surface area contributed by atoms with E-state index in [2.05, 4.69) is 9.88 Å². The number of aliphatic hydroxyl groups excluding tert-OH is 2. The van der Waals surface area contributed by atoms with Gasteiger partial charge in [-0.15, -0.1) is 11.8 Å². The number of morpholine rings is 1. The normalized spacial score (nSPS) is 37.1. The van der Waals surface area contributed by atoms with Gasteiger partial charge in [0.15, 0.2) is 29.7 Å². The summed E-state index contributed by atoms with van der Waals surface area (Å²) in [5, 5.41) is 23.6. The number of benzene rings is 1. The number of aliphatic hydroxyl groups is 2. The predicted molar refractivity (Wildman–Crippen MR) is 332 cm³/mol. The molecule has 21 nitrogen and oxygen atoms in total. The van der Waals surface area contributed by atoms with E-state index in [9.17, 15) is 19.8 Å². The Hall–Kier alpha value is -3.78. The van der Waals surface area contributed by atoms with E-state index in [1.807, 2.05) is 59.7 Å². The topological polar surface area (TPSA) is 233 Å². The van der Waals surface area contributed by atoms with Crippen molar-refractivity contribution in [3.8, 4) is 11.5 Å². The zero-order valence-corrected chi connectivity index (χ0v) is 56.1. The van der Waals surface area contributed by atoms with Crippen LogP contribution in [0.1, 0.15) is 126 Å². The van der Waals surface area contributed by atoms with Gasteiger partial charge in [0.1, 0.15) is 29.3 Å². The minimum Gasteiger partial charge on any atom is -0.493 e. The van der Waals surface area contributed by atoms with Crippen molar-refractivity contribution in [2.45, 2.75) is 217 Å². The van der Waals surface area contributed by atoms with E-state index in [1.54, 1.807) is 59.1 Å². The number of hydrogen-bond donors (Lipinski definition) is 2. The lowest BCUT2D eigenvalue weighted by molar-refractivity contribution is -0.319. The van der Waals surface area contributed by atoms with Gasteiger partial charge >= 0.3 is 18.0 Å². The van der Waals surface area contributed by atoms with Crippen molar-refractivity contribution in [3.05, 3.63) is 46.2 Å². The van der Waals surface area contributed by atoms with Crippen molar-refractivity contribution < 1.29 is 81.5 Å². The second kappa shape index (κ2) is 29.9. The summed E-state index contributed by atoms with van der Waals surface area (Å²) in [5.41, 5.74) is -2.58. The van der Waals surface area contributed by atoms with Crippen molar-refractivity contribution in [2.75, 3.05) is 71.9 Å². The number of anilines is 1. The number of thioether (sulfide) groups is 1. The molecule has 2 aromatic rings. The standard InChI is InChI=1S/C64H96Cl2N4O17S/c1-15-49-64(10)51(55(59(75)87-64)88-27-24-70(34-43-44(65)32-67-33-45(43)66)41-20-21-47(77-12)48(29-41)83-42-18-16-17-19-42)37(4)52(71)35(2)30-63(9,79-14)57(86-60-53(72)46(28-36(3)81-60)68(11)61(76)69-22-25-80-26-23-69)38(5)54(39(6)58(74)84-49)85-50-31-62(8,78-13)56(73)40(7)82-50/h20-21,29,32-33,35-40,42,46,49-51,53-57,60,72-73H,15-19,22-28,30-31,34H2,1-14H3/t35-,36-,37-,38+,39-,40+,46+,49-,50+,51+,53-,54+,55?,56+,57-,60+,62-,63-,64-/m1/s1. The van der Waals surface area contributed by atoms with E-state index < -0.39 is 125 Å². The molecule has 1 aromatic carbocycles. The SMILES string of the molecule is CC[C@H]1OC(=O)[C@H](C)[C@@H](O[C@H]2C[C@@](C)(OC)[C@@H](O)[C@H](C)O2)[C@H](C)[C@@H](O[C@@H]2O[C@H](C)C[C@H](N(C)C(=O)N3CCOCC3)[C@H]2O)[C@](C)(OC)C[C@@H](C)C(=O)[C@H](C)[C@H]2C(SCCN(Cc3c(Cl)cncc3Cl)c3ccc(OC)c(OC4CCCC4)c3)C(=O)O[C@@]21C. The van der Waals surface area contributed by atoms with E-state index in [0.29, 0.717) is 72.1 Å². The van der Waals surface area contributed by atoms with Crippen LogP contribution in [0.5, 0.6) is 11.5 Å². The molecule has 494 valence electrons. The van der Waals surface area contributed by atoms with E-state index in [-0.39, 0.29) is 43.7 Å². The maximum absolute atomic E-state index is 15.6. The minimum atomic E-state index is -1.51. The van der Waals surface area contributed by atoms with E-state index in [4.69, 9.17) is 75.3 Å². The molecule has 6 fully saturated rings.